The van der Waals surface area contributed by atoms with E-state index in [0.717, 1.165) is 11.3 Å². The van der Waals surface area contributed by atoms with Crippen molar-refractivity contribution in [3.05, 3.63) is 40.3 Å². The van der Waals surface area contributed by atoms with Crippen molar-refractivity contribution in [2.75, 3.05) is 11.9 Å². The standard InChI is InChI=1S/C10H11N5/c1-8-2-4-9(5-3-8)14-10(6-11)7-13-15-12/h2-5,10,14H,7H2,1H3. The van der Waals surface area contributed by atoms with E-state index in [4.69, 9.17) is 10.8 Å². The van der Waals surface area contributed by atoms with Crippen molar-refractivity contribution in [1.82, 2.24) is 0 Å². The normalized spacial score (nSPS) is 10.9. The highest BCUT2D eigenvalue weighted by molar-refractivity contribution is 5.46. The average Bonchev–Trinajstić information content (AvgIpc) is 2.27. The van der Waals surface area contributed by atoms with Gasteiger partial charge in [0.2, 0.25) is 0 Å². The number of nitriles is 1. The van der Waals surface area contributed by atoms with E-state index >= 15 is 0 Å². The molecule has 1 unspecified atom stereocenters. The number of benzene rings is 1. The van der Waals surface area contributed by atoms with Gasteiger partial charge in [-0.1, -0.05) is 22.8 Å². The summed E-state index contributed by atoms with van der Waals surface area (Å²) in [6.07, 6.45) is 0. The van der Waals surface area contributed by atoms with Gasteiger partial charge in [-0.2, -0.15) is 5.26 Å². The highest BCUT2D eigenvalue weighted by Gasteiger charge is 2.04. The second-order valence-corrected chi connectivity index (χ2v) is 3.11. The molecule has 0 bridgehead atoms. The van der Waals surface area contributed by atoms with Crippen LogP contribution in [0.25, 0.3) is 10.4 Å². The molecule has 0 aliphatic rings. The minimum atomic E-state index is -0.483. The molecule has 0 heterocycles. The molecular weight excluding hydrogens is 190 g/mol. The third-order valence-electron chi connectivity index (χ3n) is 1.88. The van der Waals surface area contributed by atoms with E-state index in [1.807, 2.05) is 37.3 Å². The van der Waals surface area contributed by atoms with Gasteiger partial charge in [0.05, 0.1) is 12.6 Å². The lowest BCUT2D eigenvalue weighted by molar-refractivity contribution is 0.880. The van der Waals surface area contributed by atoms with Gasteiger partial charge in [-0.3, -0.25) is 0 Å². The summed E-state index contributed by atoms with van der Waals surface area (Å²) in [5, 5.41) is 15.1. The Morgan fingerprint density at radius 1 is 1.53 bits per heavy atom. The fourth-order valence-electron chi connectivity index (χ4n) is 1.09. The minimum absolute atomic E-state index is 0.126. The topological polar surface area (TPSA) is 84.6 Å². The number of nitrogens with one attached hydrogen (secondary N) is 1. The molecule has 5 nitrogen and oxygen atoms in total. The Labute approximate surface area is 88.0 Å². The van der Waals surface area contributed by atoms with Crippen LogP contribution in [0, 0.1) is 18.3 Å². The second kappa shape index (κ2) is 5.53. The Kier molecular flexibility index (Phi) is 4.02. The van der Waals surface area contributed by atoms with Gasteiger partial charge >= 0.3 is 0 Å². The van der Waals surface area contributed by atoms with Crippen LogP contribution in [0.3, 0.4) is 0 Å². The first-order valence-electron chi connectivity index (χ1n) is 4.50. The molecule has 0 aromatic heterocycles. The first-order chi connectivity index (χ1) is 7.26. The molecule has 0 saturated carbocycles. The number of hydrogen-bond acceptors (Lipinski definition) is 3. The summed E-state index contributed by atoms with van der Waals surface area (Å²) in [7, 11) is 0. The monoisotopic (exact) mass is 201 g/mol. The maximum Gasteiger partial charge on any atom is 0.120 e. The Bertz CT molecular complexity index is 397. The lowest BCUT2D eigenvalue weighted by Gasteiger charge is -2.10. The van der Waals surface area contributed by atoms with Gasteiger partial charge in [0.1, 0.15) is 6.04 Å². The van der Waals surface area contributed by atoms with Gasteiger partial charge in [0, 0.05) is 10.6 Å². The van der Waals surface area contributed by atoms with Gasteiger partial charge in [-0.05, 0) is 24.6 Å². The zero-order chi connectivity index (χ0) is 11.1. The Hall–Kier alpha value is -2.18. The van der Waals surface area contributed by atoms with E-state index in [2.05, 4.69) is 15.3 Å². The largest absolute Gasteiger partial charge is 0.370 e. The van der Waals surface area contributed by atoms with Gasteiger partial charge in [-0.25, -0.2) is 0 Å². The lowest BCUT2D eigenvalue weighted by Crippen LogP contribution is -2.20. The van der Waals surface area contributed by atoms with Gasteiger partial charge in [0.25, 0.3) is 0 Å². The number of hydrogen-bond donors (Lipinski definition) is 1. The molecule has 0 fully saturated rings. The van der Waals surface area contributed by atoms with E-state index in [1.54, 1.807) is 0 Å². The molecule has 1 aromatic carbocycles. The Morgan fingerprint density at radius 2 is 2.20 bits per heavy atom. The van der Waals surface area contributed by atoms with Crippen molar-refractivity contribution >= 4 is 5.69 Å². The zero-order valence-corrected chi connectivity index (χ0v) is 8.38. The van der Waals surface area contributed by atoms with Crippen LogP contribution >= 0.6 is 0 Å². The van der Waals surface area contributed by atoms with E-state index in [1.165, 1.54) is 0 Å². The molecule has 5 heteroatoms. The Morgan fingerprint density at radius 3 is 2.73 bits per heavy atom. The number of rotatable bonds is 4. The van der Waals surface area contributed by atoms with Crippen LogP contribution in [0.4, 0.5) is 5.69 Å². The van der Waals surface area contributed by atoms with Crippen LogP contribution in [0.5, 0.6) is 0 Å². The summed E-state index contributed by atoms with van der Waals surface area (Å²) in [4.78, 5) is 2.61. The molecule has 0 aliphatic heterocycles. The third kappa shape index (κ3) is 3.59. The highest BCUT2D eigenvalue weighted by atomic mass is 15.1. The maximum absolute atomic E-state index is 8.77. The molecule has 0 aliphatic carbocycles. The summed E-state index contributed by atoms with van der Waals surface area (Å²) in [6.45, 7) is 2.12. The van der Waals surface area contributed by atoms with Crippen LogP contribution in [-0.4, -0.2) is 12.6 Å². The molecule has 15 heavy (non-hydrogen) atoms. The second-order valence-electron chi connectivity index (χ2n) is 3.11. The van der Waals surface area contributed by atoms with Crippen LogP contribution in [0.1, 0.15) is 5.56 Å². The summed E-state index contributed by atoms with van der Waals surface area (Å²) in [6, 6.07) is 9.21. The first-order valence-corrected chi connectivity index (χ1v) is 4.50. The number of anilines is 1. The molecule has 1 atom stereocenters. The SMILES string of the molecule is Cc1ccc(NC(C#N)CN=[N+]=[N-])cc1. The lowest BCUT2D eigenvalue weighted by atomic mass is 10.2. The van der Waals surface area contributed by atoms with Crippen molar-refractivity contribution < 1.29 is 0 Å². The molecule has 0 radical (unpaired) electrons. The fraction of sp³-hybridized carbons (Fsp3) is 0.300. The molecule has 76 valence electrons. The molecule has 1 N–H and O–H groups in total. The maximum atomic E-state index is 8.77. The number of nitrogens with zero attached hydrogens (tertiary/aromatic N) is 4. The van der Waals surface area contributed by atoms with Crippen molar-refractivity contribution in [3.8, 4) is 6.07 Å². The van der Waals surface area contributed by atoms with Crippen LogP contribution in [0.15, 0.2) is 29.4 Å². The average molecular weight is 201 g/mol. The van der Waals surface area contributed by atoms with E-state index < -0.39 is 6.04 Å². The molecule has 0 amide bonds. The smallest absolute Gasteiger partial charge is 0.120 e. The summed E-state index contributed by atoms with van der Waals surface area (Å²) < 4.78 is 0. The predicted molar refractivity (Wildman–Crippen MR) is 58.2 cm³/mol. The van der Waals surface area contributed by atoms with E-state index in [0.29, 0.717) is 0 Å². The summed E-state index contributed by atoms with van der Waals surface area (Å²) in [5.74, 6) is 0. The predicted octanol–water partition coefficient (Wildman–Crippen LogP) is 2.61. The van der Waals surface area contributed by atoms with E-state index in [-0.39, 0.29) is 6.54 Å². The first kappa shape index (κ1) is 10.9. The van der Waals surface area contributed by atoms with Gasteiger partial charge in [0.15, 0.2) is 0 Å². The quantitative estimate of drug-likeness (QED) is 0.461. The fourth-order valence-corrected chi connectivity index (χ4v) is 1.09. The van der Waals surface area contributed by atoms with Crippen LogP contribution < -0.4 is 5.32 Å². The third-order valence-corrected chi connectivity index (χ3v) is 1.88. The number of azide groups is 1. The summed E-state index contributed by atoms with van der Waals surface area (Å²) >= 11 is 0. The highest BCUT2D eigenvalue weighted by Crippen LogP contribution is 2.09. The minimum Gasteiger partial charge on any atom is -0.370 e. The molecule has 1 rings (SSSR count). The van der Waals surface area contributed by atoms with Crippen molar-refractivity contribution in [3.63, 3.8) is 0 Å². The van der Waals surface area contributed by atoms with Crippen molar-refractivity contribution in [1.29, 1.82) is 5.26 Å². The summed E-state index contributed by atoms with van der Waals surface area (Å²) in [5.41, 5.74) is 10.1. The Balaban J connectivity index is 2.63. The van der Waals surface area contributed by atoms with Gasteiger partial charge < -0.3 is 5.32 Å². The molecule has 1 aromatic rings. The van der Waals surface area contributed by atoms with Gasteiger partial charge in [-0.15, -0.1) is 0 Å². The zero-order valence-electron chi connectivity index (χ0n) is 8.38. The van der Waals surface area contributed by atoms with Crippen LogP contribution in [-0.2, 0) is 0 Å². The van der Waals surface area contributed by atoms with Crippen LogP contribution in [0.2, 0.25) is 0 Å². The molecular formula is C10H11N5. The van der Waals surface area contributed by atoms with E-state index in [9.17, 15) is 0 Å². The van der Waals surface area contributed by atoms with Crippen molar-refractivity contribution in [2.24, 2.45) is 5.11 Å². The van der Waals surface area contributed by atoms with Crippen molar-refractivity contribution in [2.45, 2.75) is 13.0 Å². The number of aryl methyl sites for hydroxylation is 1. The molecule has 0 spiro atoms. The molecule has 0 saturated heterocycles.